The molecule has 0 aliphatic carbocycles. The lowest BCUT2D eigenvalue weighted by Crippen LogP contribution is -2.50. The van der Waals surface area contributed by atoms with E-state index in [-0.39, 0.29) is 36.2 Å². The molecular formula is C52H94NO7+. The monoisotopic (exact) mass is 845 g/mol. The molecule has 0 amide bonds. The minimum Gasteiger partial charge on any atom is -0.477 e. The molecule has 8 nitrogen and oxygen atoms in total. The van der Waals surface area contributed by atoms with E-state index < -0.39 is 18.1 Å². The minimum absolute atomic E-state index is 0.0509. The van der Waals surface area contributed by atoms with Gasteiger partial charge in [-0.3, -0.25) is 9.59 Å². The van der Waals surface area contributed by atoms with Crippen LogP contribution in [0.25, 0.3) is 0 Å². The van der Waals surface area contributed by atoms with Crippen LogP contribution in [-0.2, 0) is 28.6 Å². The lowest BCUT2D eigenvalue weighted by Gasteiger charge is -2.31. The number of likely N-dealkylation sites (N-methyl/N-ethyl adjacent to an activating group) is 1. The van der Waals surface area contributed by atoms with Gasteiger partial charge in [-0.05, 0) is 64.2 Å². The number of rotatable bonds is 44. The number of nitrogens with zero attached hydrogens (tertiary/aromatic N) is 1. The van der Waals surface area contributed by atoms with Gasteiger partial charge in [0.2, 0.25) is 0 Å². The molecule has 0 saturated heterocycles. The maximum Gasteiger partial charge on any atom is 0.362 e. The van der Waals surface area contributed by atoms with E-state index in [1.807, 2.05) is 21.1 Å². The van der Waals surface area contributed by atoms with Crippen molar-refractivity contribution in [1.82, 2.24) is 0 Å². The summed E-state index contributed by atoms with van der Waals surface area (Å²) in [5.41, 5.74) is 0. The van der Waals surface area contributed by atoms with Gasteiger partial charge in [-0.25, -0.2) is 4.79 Å². The Morgan fingerprint density at radius 2 is 0.900 bits per heavy atom. The fourth-order valence-corrected chi connectivity index (χ4v) is 7.15. The van der Waals surface area contributed by atoms with Crippen LogP contribution in [0.2, 0.25) is 0 Å². The minimum atomic E-state index is -0.879. The number of carboxylic acids is 1. The number of hydrogen-bond donors (Lipinski definition) is 1. The molecule has 60 heavy (non-hydrogen) atoms. The van der Waals surface area contributed by atoms with E-state index in [1.165, 1.54) is 103 Å². The number of quaternary nitrogens is 1. The molecule has 0 aromatic carbocycles. The maximum absolute atomic E-state index is 12.8. The first-order valence-corrected chi connectivity index (χ1v) is 24.7. The Morgan fingerprint density at radius 1 is 0.500 bits per heavy atom. The summed E-state index contributed by atoms with van der Waals surface area (Å²) in [4.78, 5) is 37.1. The van der Waals surface area contributed by atoms with Gasteiger partial charge in [0.25, 0.3) is 0 Å². The van der Waals surface area contributed by atoms with Crippen LogP contribution < -0.4 is 0 Å². The van der Waals surface area contributed by atoms with E-state index in [9.17, 15) is 19.5 Å². The van der Waals surface area contributed by atoms with Crippen molar-refractivity contribution < 1.29 is 38.2 Å². The zero-order valence-electron chi connectivity index (χ0n) is 39.7. The average Bonchev–Trinajstić information content (AvgIpc) is 3.21. The third kappa shape index (κ3) is 40.7. The average molecular weight is 845 g/mol. The van der Waals surface area contributed by atoms with Crippen molar-refractivity contribution in [1.29, 1.82) is 0 Å². The SMILES string of the molecule is CCCCCCC/C=C/C=C/C=C/CCCCCCCC(=O)OCC(COCCC(C(=O)O)[N+](C)(C)C)OC(=O)CCCCCCC/C=C/CCCCCCCCCCC. The molecule has 2 unspecified atom stereocenters. The third-order valence-electron chi connectivity index (χ3n) is 11.0. The Bertz CT molecular complexity index is 1120. The third-order valence-corrected chi connectivity index (χ3v) is 11.0. The number of hydrogen-bond acceptors (Lipinski definition) is 6. The van der Waals surface area contributed by atoms with E-state index in [1.54, 1.807) is 0 Å². The lowest BCUT2D eigenvalue weighted by atomic mass is 10.1. The molecule has 0 fully saturated rings. The standard InChI is InChI=1S/C52H93NO7/c1-6-8-10-12-14-16-18-20-22-24-26-28-30-32-34-36-38-40-42-50(54)59-47-48(46-58-45-44-49(52(56)57)53(3,4)5)60-51(55)43-41-39-37-35-33-31-29-27-25-23-21-19-17-15-13-11-9-7-2/h18,20,22,24,26-29,48-49H,6-17,19,21,23,25,30-47H2,1-5H3/p+1/b20-18+,24-22+,28-26+,29-27+. The van der Waals surface area contributed by atoms with Crippen molar-refractivity contribution in [2.45, 2.75) is 225 Å². The molecule has 0 aromatic rings. The van der Waals surface area contributed by atoms with Crippen molar-refractivity contribution in [2.75, 3.05) is 41.0 Å². The summed E-state index contributed by atoms with van der Waals surface area (Å²) in [6, 6.07) is -0.620. The Morgan fingerprint density at radius 3 is 1.33 bits per heavy atom. The number of allylic oxidation sites excluding steroid dienone is 8. The molecule has 0 radical (unpaired) electrons. The van der Waals surface area contributed by atoms with Gasteiger partial charge in [-0.2, -0.15) is 0 Å². The van der Waals surface area contributed by atoms with Crippen LogP contribution in [0.1, 0.15) is 213 Å². The van der Waals surface area contributed by atoms with Gasteiger partial charge in [-0.1, -0.05) is 178 Å². The summed E-state index contributed by atoms with van der Waals surface area (Å²) in [5, 5.41) is 9.64. The Hall–Kier alpha value is -2.71. The van der Waals surface area contributed by atoms with E-state index in [4.69, 9.17) is 14.2 Å². The van der Waals surface area contributed by atoms with E-state index >= 15 is 0 Å². The number of esters is 2. The molecule has 0 aromatic heterocycles. The topological polar surface area (TPSA) is 99.1 Å². The van der Waals surface area contributed by atoms with Crippen LogP contribution in [0.4, 0.5) is 0 Å². The number of unbranched alkanes of at least 4 members (excludes halogenated alkanes) is 24. The molecule has 8 heteroatoms. The number of carboxylic acid groups (broad SMARTS) is 1. The molecule has 0 aliphatic rings. The highest BCUT2D eigenvalue weighted by atomic mass is 16.6. The summed E-state index contributed by atoms with van der Waals surface area (Å²) in [7, 11) is 5.52. The molecule has 0 bridgehead atoms. The van der Waals surface area contributed by atoms with Crippen LogP contribution in [-0.4, -0.2) is 80.6 Å². The quantitative estimate of drug-likeness (QED) is 0.0214. The highest BCUT2D eigenvalue weighted by molar-refractivity contribution is 5.72. The molecule has 348 valence electrons. The lowest BCUT2D eigenvalue weighted by molar-refractivity contribution is -0.887. The van der Waals surface area contributed by atoms with Gasteiger partial charge in [0.1, 0.15) is 6.61 Å². The Kier molecular flexibility index (Phi) is 41.0. The van der Waals surface area contributed by atoms with Crippen LogP contribution in [0.5, 0.6) is 0 Å². The normalized spacial score (nSPS) is 13.3. The summed E-state index contributed by atoms with van der Waals surface area (Å²) < 4.78 is 17.3. The fraction of sp³-hybridized carbons (Fsp3) is 0.788. The van der Waals surface area contributed by atoms with Crippen molar-refractivity contribution >= 4 is 17.9 Å². The first-order valence-electron chi connectivity index (χ1n) is 24.7. The largest absolute Gasteiger partial charge is 0.477 e. The fourth-order valence-electron chi connectivity index (χ4n) is 7.15. The molecule has 1 N–H and O–H groups in total. The highest BCUT2D eigenvalue weighted by Gasteiger charge is 2.31. The first-order chi connectivity index (χ1) is 29.1. The van der Waals surface area contributed by atoms with Crippen LogP contribution in [0.15, 0.2) is 48.6 Å². The summed E-state index contributed by atoms with van der Waals surface area (Å²) >= 11 is 0. The predicted molar refractivity (Wildman–Crippen MR) is 252 cm³/mol. The Balaban J connectivity index is 4.34. The van der Waals surface area contributed by atoms with Gasteiger partial charge >= 0.3 is 17.9 Å². The summed E-state index contributed by atoms with van der Waals surface area (Å²) in [5.74, 6) is -1.50. The molecule has 0 saturated carbocycles. The highest BCUT2D eigenvalue weighted by Crippen LogP contribution is 2.14. The summed E-state index contributed by atoms with van der Waals surface area (Å²) in [6.07, 6.45) is 51.5. The van der Waals surface area contributed by atoms with Crippen molar-refractivity contribution in [3.8, 4) is 0 Å². The van der Waals surface area contributed by atoms with E-state index in [0.717, 1.165) is 77.0 Å². The second-order valence-corrected chi connectivity index (χ2v) is 17.8. The smallest absolute Gasteiger partial charge is 0.362 e. The zero-order chi connectivity index (χ0) is 44.2. The van der Waals surface area contributed by atoms with E-state index in [0.29, 0.717) is 19.3 Å². The number of aliphatic carboxylic acids is 1. The molecule has 2 atom stereocenters. The van der Waals surface area contributed by atoms with Crippen LogP contribution >= 0.6 is 0 Å². The first kappa shape index (κ1) is 57.3. The zero-order valence-corrected chi connectivity index (χ0v) is 39.7. The number of ether oxygens (including phenoxy) is 3. The van der Waals surface area contributed by atoms with Crippen molar-refractivity contribution in [3.05, 3.63) is 48.6 Å². The Labute approximate surface area is 369 Å². The number of carbonyl (C=O) groups is 3. The van der Waals surface area contributed by atoms with Gasteiger partial charge < -0.3 is 23.8 Å². The van der Waals surface area contributed by atoms with E-state index in [2.05, 4.69) is 62.5 Å². The second-order valence-electron chi connectivity index (χ2n) is 17.8. The summed E-state index contributed by atoms with van der Waals surface area (Å²) in [6.45, 7) is 4.70. The molecule has 0 heterocycles. The van der Waals surface area contributed by atoms with Gasteiger partial charge in [-0.15, -0.1) is 0 Å². The molecular weight excluding hydrogens is 751 g/mol. The van der Waals surface area contributed by atoms with Gasteiger partial charge in [0.15, 0.2) is 12.1 Å². The molecule has 0 rings (SSSR count). The maximum atomic E-state index is 12.8. The second kappa shape index (κ2) is 43.0. The van der Waals surface area contributed by atoms with Gasteiger partial charge in [0.05, 0.1) is 34.4 Å². The van der Waals surface area contributed by atoms with Crippen molar-refractivity contribution in [3.63, 3.8) is 0 Å². The van der Waals surface area contributed by atoms with Gasteiger partial charge in [0, 0.05) is 19.3 Å². The van der Waals surface area contributed by atoms with Crippen LogP contribution in [0.3, 0.4) is 0 Å². The predicted octanol–water partition coefficient (Wildman–Crippen LogP) is 14.0. The molecule has 0 spiro atoms. The van der Waals surface area contributed by atoms with Crippen LogP contribution in [0, 0.1) is 0 Å². The number of carbonyl (C=O) groups excluding carboxylic acids is 2. The molecule has 0 aliphatic heterocycles. The van der Waals surface area contributed by atoms with Crippen molar-refractivity contribution in [2.24, 2.45) is 0 Å².